The minimum absolute atomic E-state index is 0.155. The van der Waals surface area contributed by atoms with Gasteiger partial charge in [-0.15, -0.1) is 10.2 Å². The summed E-state index contributed by atoms with van der Waals surface area (Å²) in [6.45, 7) is 0.829. The van der Waals surface area contributed by atoms with Crippen molar-refractivity contribution in [2.45, 2.75) is 49.7 Å². The topological polar surface area (TPSA) is 63.0 Å². The Bertz CT molecular complexity index is 728. The largest absolute Gasteiger partial charge is 0.393 e. The summed E-state index contributed by atoms with van der Waals surface area (Å²) in [6, 6.07) is 7.40. The molecule has 2 N–H and O–H groups in total. The predicted molar refractivity (Wildman–Crippen MR) is 92.6 cm³/mol. The first-order valence-electron chi connectivity index (χ1n) is 9.11. The quantitative estimate of drug-likeness (QED) is 0.874. The van der Waals surface area contributed by atoms with Crippen molar-refractivity contribution in [1.29, 1.82) is 0 Å². The molecule has 2 aliphatic carbocycles. The van der Waals surface area contributed by atoms with E-state index in [4.69, 9.17) is 0 Å². The summed E-state index contributed by atoms with van der Waals surface area (Å²) in [5, 5.41) is 22.1. The first-order valence-corrected chi connectivity index (χ1v) is 9.11. The van der Waals surface area contributed by atoms with E-state index in [1.807, 2.05) is 17.7 Å². The Labute approximate surface area is 147 Å². The molecule has 0 radical (unpaired) electrons. The van der Waals surface area contributed by atoms with Gasteiger partial charge in [-0.1, -0.05) is 12.1 Å². The molecule has 2 aliphatic rings. The highest BCUT2D eigenvalue weighted by atomic mass is 19.1. The van der Waals surface area contributed by atoms with Gasteiger partial charge in [-0.25, -0.2) is 4.39 Å². The van der Waals surface area contributed by atoms with Crippen molar-refractivity contribution in [3.05, 3.63) is 47.8 Å². The average Bonchev–Trinajstić information content (AvgIpc) is 3.12. The van der Waals surface area contributed by atoms with Crippen LogP contribution in [0.5, 0.6) is 0 Å². The molecule has 0 amide bonds. The summed E-state index contributed by atoms with van der Waals surface area (Å²) < 4.78 is 15.3. The molecule has 2 aromatic rings. The summed E-state index contributed by atoms with van der Waals surface area (Å²) in [5.74, 6) is 1.81. The highest BCUT2D eigenvalue weighted by Gasteiger charge is 2.37. The number of aromatic nitrogens is 3. The minimum atomic E-state index is -0.284. The SMILES string of the molecule is Cn1cnnc1[C@H]1C[C@H](CNC2CC(c3cccc(F)c3)C2)[C@H](O)C1. The van der Waals surface area contributed by atoms with Crippen molar-refractivity contribution in [3.63, 3.8) is 0 Å². The first kappa shape index (κ1) is 16.7. The number of aryl methyl sites for hydroxylation is 1. The van der Waals surface area contributed by atoms with Crippen LogP contribution in [0.2, 0.25) is 0 Å². The van der Waals surface area contributed by atoms with Gasteiger partial charge >= 0.3 is 0 Å². The Morgan fingerprint density at radius 2 is 2.08 bits per heavy atom. The van der Waals surface area contributed by atoms with Crippen molar-refractivity contribution in [2.75, 3.05) is 6.54 Å². The maximum absolute atomic E-state index is 13.3. The summed E-state index contributed by atoms with van der Waals surface area (Å²) >= 11 is 0. The number of aliphatic hydroxyl groups is 1. The number of halogens is 1. The molecule has 2 saturated carbocycles. The lowest BCUT2D eigenvalue weighted by Gasteiger charge is -2.37. The number of nitrogens with zero attached hydrogens (tertiary/aromatic N) is 3. The standard InChI is InChI=1S/C19H25FN4O/c1-24-11-22-23-19(24)14-5-15(18(25)9-14)10-21-17-7-13(8-17)12-3-2-4-16(20)6-12/h2-4,6,11,13-15,17-18,21,25H,5,7-10H2,1H3/t13?,14-,15+,17?,18+/m0/s1. The summed E-state index contributed by atoms with van der Waals surface area (Å²) in [6.07, 6.45) is 5.22. The van der Waals surface area contributed by atoms with Crippen LogP contribution in [0, 0.1) is 11.7 Å². The van der Waals surface area contributed by atoms with E-state index in [0.717, 1.165) is 43.6 Å². The molecule has 0 saturated heterocycles. The number of aliphatic hydroxyl groups excluding tert-OH is 1. The van der Waals surface area contributed by atoms with Gasteiger partial charge < -0.3 is 15.0 Å². The monoisotopic (exact) mass is 344 g/mol. The fraction of sp³-hybridized carbons (Fsp3) is 0.579. The Kier molecular flexibility index (Phi) is 4.56. The minimum Gasteiger partial charge on any atom is -0.393 e. The highest BCUT2D eigenvalue weighted by molar-refractivity contribution is 5.23. The summed E-state index contributed by atoms with van der Waals surface area (Å²) in [4.78, 5) is 0. The van der Waals surface area contributed by atoms with Gasteiger partial charge in [0.2, 0.25) is 0 Å². The van der Waals surface area contributed by atoms with Crippen LogP contribution in [0.3, 0.4) is 0 Å². The van der Waals surface area contributed by atoms with Crippen LogP contribution < -0.4 is 5.32 Å². The van der Waals surface area contributed by atoms with Gasteiger partial charge in [0.05, 0.1) is 6.10 Å². The van der Waals surface area contributed by atoms with E-state index in [1.54, 1.807) is 18.5 Å². The molecule has 1 aromatic carbocycles. The molecule has 0 unspecified atom stereocenters. The van der Waals surface area contributed by atoms with Crippen LogP contribution in [-0.4, -0.2) is 38.6 Å². The van der Waals surface area contributed by atoms with Crippen molar-refractivity contribution in [3.8, 4) is 0 Å². The molecule has 4 rings (SSSR count). The lowest BCUT2D eigenvalue weighted by atomic mass is 9.75. The van der Waals surface area contributed by atoms with Crippen LogP contribution in [0.4, 0.5) is 4.39 Å². The number of hydrogen-bond donors (Lipinski definition) is 2. The third-order valence-electron chi connectivity index (χ3n) is 5.90. The normalized spacial score (nSPS) is 31.9. The molecule has 0 bridgehead atoms. The molecule has 5 nitrogen and oxygen atoms in total. The van der Waals surface area contributed by atoms with E-state index in [1.165, 1.54) is 6.07 Å². The fourth-order valence-corrected chi connectivity index (χ4v) is 4.33. The van der Waals surface area contributed by atoms with Gasteiger partial charge in [-0.05, 0) is 55.2 Å². The zero-order chi connectivity index (χ0) is 17.4. The van der Waals surface area contributed by atoms with Crippen LogP contribution in [0.1, 0.15) is 48.9 Å². The third-order valence-corrected chi connectivity index (χ3v) is 5.90. The van der Waals surface area contributed by atoms with Crippen molar-refractivity contribution in [2.24, 2.45) is 13.0 Å². The van der Waals surface area contributed by atoms with Gasteiger partial charge in [0.15, 0.2) is 0 Å². The van der Waals surface area contributed by atoms with Crippen molar-refractivity contribution in [1.82, 2.24) is 20.1 Å². The smallest absolute Gasteiger partial charge is 0.135 e. The van der Waals surface area contributed by atoms with Gasteiger partial charge in [-0.2, -0.15) is 0 Å². The number of nitrogens with one attached hydrogen (secondary N) is 1. The van der Waals surface area contributed by atoms with E-state index in [9.17, 15) is 9.50 Å². The van der Waals surface area contributed by atoms with Crippen LogP contribution in [0.15, 0.2) is 30.6 Å². The first-order chi connectivity index (χ1) is 12.1. The fourth-order valence-electron chi connectivity index (χ4n) is 4.33. The number of hydrogen-bond acceptors (Lipinski definition) is 4. The zero-order valence-corrected chi connectivity index (χ0v) is 14.5. The van der Waals surface area contributed by atoms with Gasteiger partial charge in [0.1, 0.15) is 18.0 Å². The summed E-state index contributed by atoms with van der Waals surface area (Å²) in [5.41, 5.74) is 1.10. The Hall–Kier alpha value is -1.79. The molecular weight excluding hydrogens is 319 g/mol. The lowest BCUT2D eigenvalue weighted by Crippen LogP contribution is -2.43. The molecule has 3 atom stereocenters. The molecule has 1 heterocycles. The zero-order valence-electron chi connectivity index (χ0n) is 14.5. The molecule has 6 heteroatoms. The van der Waals surface area contributed by atoms with Crippen LogP contribution in [0.25, 0.3) is 0 Å². The second-order valence-electron chi connectivity index (χ2n) is 7.62. The van der Waals surface area contributed by atoms with E-state index < -0.39 is 0 Å². The van der Waals surface area contributed by atoms with Gasteiger partial charge in [0.25, 0.3) is 0 Å². The molecule has 1 aromatic heterocycles. The third kappa shape index (κ3) is 3.46. The predicted octanol–water partition coefficient (Wildman–Crippen LogP) is 2.34. The lowest BCUT2D eigenvalue weighted by molar-refractivity contribution is 0.125. The van der Waals surface area contributed by atoms with Crippen molar-refractivity contribution >= 4 is 0 Å². The Balaban J connectivity index is 1.25. The molecule has 134 valence electrons. The Morgan fingerprint density at radius 1 is 1.24 bits per heavy atom. The van der Waals surface area contributed by atoms with E-state index in [2.05, 4.69) is 15.5 Å². The molecular formula is C19H25FN4O. The second kappa shape index (κ2) is 6.84. The van der Waals surface area contributed by atoms with Gasteiger partial charge in [0, 0.05) is 25.6 Å². The molecule has 2 fully saturated rings. The van der Waals surface area contributed by atoms with E-state index in [-0.39, 0.29) is 23.8 Å². The van der Waals surface area contributed by atoms with Gasteiger partial charge in [-0.3, -0.25) is 0 Å². The average molecular weight is 344 g/mol. The van der Waals surface area contributed by atoms with Crippen LogP contribution in [-0.2, 0) is 7.05 Å². The van der Waals surface area contributed by atoms with Crippen molar-refractivity contribution < 1.29 is 9.50 Å². The second-order valence-corrected chi connectivity index (χ2v) is 7.62. The summed E-state index contributed by atoms with van der Waals surface area (Å²) in [7, 11) is 1.95. The highest BCUT2D eigenvalue weighted by Crippen LogP contribution is 2.39. The molecule has 0 spiro atoms. The maximum atomic E-state index is 13.3. The maximum Gasteiger partial charge on any atom is 0.135 e. The number of rotatable bonds is 5. The van der Waals surface area contributed by atoms with Crippen LogP contribution >= 0.6 is 0 Å². The molecule has 0 aliphatic heterocycles. The Morgan fingerprint density at radius 3 is 2.80 bits per heavy atom. The van der Waals surface area contributed by atoms with E-state index in [0.29, 0.717) is 12.0 Å². The number of benzene rings is 1. The van der Waals surface area contributed by atoms with E-state index >= 15 is 0 Å². The molecule has 25 heavy (non-hydrogen) atoms.